The van der Waals surface area contributed by atoms with Gasteiger partial charge in [0.25, 0.3) is 0 Å². The summed E-state index contributed by atoms with van der Waals surface area (Å²) in [4.78, 5) is 24.6. The fourth-order valence-corrected chi connectivity index (χ4v) is 1.66. The topological polar surface area (TPSA) is 49.4 Å². The van der Waals surface area contributed by atoms with E-state index >= 15 is 0 Å². The van der Waals surface area contributed by atoms with Gasteiger partial charge < -0.3 is 0 Å². The predicted octanol–water partition coefficient (Wildman–Crippen LogP) is 0.688. The van der Waals surface area contributed by atoms with E-state index < -0.39 is 0 Å². The summed E-state index contributed by atoms with van der Waals surface area (Å²) in [6, 6.07) is -0.314. The van der Waals surface area contributed by atoms with Crippen LogP contribution in [0.5, 0.6) is 0 Å². The molecule has 1 aliphatic heterocycles. The monoisotopic (exact) mass is 210 g/mol. The number of imide groups is 1. The van der Waals surface area contributed by atoms with Crippen LogP contribution in [-0.2, 0) is 9.59 Å². The molecule has 0 radical (unpaired) electrons. The minimum Gasteiger partial charge on any atom is -0.299 e. The molecule has 0 saturated carbocycles. The maximum atomic E-state index is 11.8. The van der Waals surface area contributed by atoms with Crippen molar-refractivity contribution in [1.29, 1.82) is 0 Å². The van der Waals surface area contributed by atoms with Crippen molar-refractivity contribution in [2.24, 2.45) is 0 Å². The SMILES string of the molecule is C=CC(C)NC1CC(=O)N(CCC)C1=O. The Morgan fingerprint density at radius 1 is 1.67 bits per heavy atom. The second kappa shape index (κ2) is 5.07. The highest BCUT2D eigenvalue weighted by atomic mass is 16.2. The van der Waals surface area contributed by atoms with Gasteiger partial charge in [0.1, 0.15) is 0 Å². The molecule has 0 spiro atoms. The van der Waals surface area contributed by atoms with Crippen LogP contribution in [0, 0.1) is 0 Å². The summed E-state index contributed by atoms with van der Waals surface area (Å²) in [5, 5.41) is 3.07. The van der Waals surface area contributed by atoms with Crippen LogP contribution >= 0.6 is 0 Å². The number of hydrogen-bond donors (Lipinski definition) is 1. The lowest BCUT2D eigenvalue weighted by Gasteiger charge is -2.16. The molecular formula is C11H18N2O2. The molecule has 4 heteroatoms. The number of amides is 2. The summed E-state index contributed by atoms with van der Waals surface area (Å²) in [5.74, 6) is -0.175. The van der Waals surface area contributed by atoms with Gasteiger partial charge in [-0.05, 0) is 13.3 Å². The molecule has 1 saturated heterocycles. The fraction of sp³-hybridized carbons (Fsp3) is 0.636. The third-order valence-corrected chi connectivity index (χ3v) is 2.51. The Bertz CT molecular complexity index is 276. The fourth-order valence-electron chi connectivity index (χ4n) is 1.66. The molecule has 1 N–H and O–H groups in total. The van der Waals surface area contributed by atoms with E-state index in [9.17, 15) is 9.59 Å². The molecule has 0 aromatic rings. The lowest BCUT2D eigenvalue weighted by Crippen LogP contribution is -2.42. The zero-order valence-electron chi connectivity index (χ0n) is 9.32. The van der Waals surface area contributed by atoms with Gasteiger partial charge in [-0.3, -0.25) is 19.8 Å². The van der Waals surface area contributed by atoms with Crippen molar-refractivity contribution in [2.45, 2.75) is 38.8 Å². The molecule has 2 atom stereocenters. The van der Waals surface area contributed by atoms with Crippen LogP contribution in [0.3, 0.4) is 0 Å². The highest BCUT2D eigenvalue weighted by molar-refractivity contribution is 6.05. The first-order valence-electron chi connectivity index (χ1n) is 5.33. The van der Waals surface area contributed by atoms with Crippen LogP contribution < -0.4 is 5.32 Å². The molecule has 0 aromatic carbocycles. The van der Waals surface area contributed by atoms with Gasteiger partial charge in [-0.15, -0.1) is 6.58 Å². The second-order valence-electron chi connectivity index (χ2n) is 3.83. The molecule has 1 rings (SSSR count). The van der Waals surface area contributed by atoms with Crippen LogP contribution in [0.4, 0.5) is 0 Å². The first-order chi connectivity index (χ1) is 7.10. The van der Waals surface area contributed by atoms with E-state index in [1.54, 1.807) is 6.08 Å². The summed E-state index contributed by atoms with van der Waals surface area (Å²) in [6.07, 6.45) is 2.80. The highest BCUT2D eigenvalue weighted by Gasteiger charge is 2.37. The molecule has 84 valence electrons. The van der Waals surface area contributed by atoms with Gasteiger partial charge in [0.2, 0.25) is 11.8 Å². The van der Waals surface area contributed by atoms with Crippen molar-refractivity contribution in [3.63, 3.8) is 0 Å². The summed E-state index contributed by atoms with van der Waals surface area (Å²) in [5.41, 5.74) is 0. The van der Waals surface area contributed by atoms with Crippen molar-refractivity contribution >= 4 is 11.8 Å². The number of nitrogens with zero attached hydrogens (tertiary/aromatic N) is 1. The molecule has 0 aromatic heterocycles. The summed E-state index contributed by atoms with van der Waals surface area (Å²) in [6.45, 7) is 8.02. The van der Waals surface area contributed by atoms with Gasteiger partial charge in [0, 0.05) is 12.6 Å². The molecule has 1 aliphatic rings. The first-order valence-corrected chi connectivity index (χ1v) is 5.33. The van der Waals surface area contributed by atoms with E-state index in [0.717, 1.165) is 6.42 Å². The molecule has 0 bridgehead atoms. The average molecular weight is 210 g/mol. The normalized spacial score (nSPS) is 23.3. The maximum absolute atomic E-state index is 11.8. The zero-order chi connectivity index (χ0) is 11.4. The second-order valence-corrected chi connectivity index (χ2v) is 3.83. The number of rotatable bonds is 5. The van der Waals surface area contributed by atoms with Gasteiger partial charge in [-0.1, -0.05) is 13.0 Å². The van der Waals surface area contributed by atoms with Crippen molar-refractivity contribution in [3.05, 3.63) is 12.7 Å². The summed E-state index contributed by atoms with van der Waals surface area (Å²) in [7, 11) is 0. The number of nitrogens with one attached hydrogen (secondary N) is 1. The number of hydrogen-bond acceptors (Lipinski definition) is 3. The van der Waals surface area contributed by atoms with Crippen LogP contribution in [-0.4, -0.2) is 35.3 Å². The quantitative estimate of drug-likeness (QED) is 0.536. The Morgan fingerprint density at radius 3 is 2.87 bits per heavy atom. The molecule has 15 heavy (non-hydrogen) atoms. The number of carbonyl (C=O) groups is 2. The van der Waals surface area contributed by atoms with E-state index in [1.807, 2.05) is 13.8 Å². The van der Waals surface area contributed by atoms with Crippen LogP contribution in [0.1, 0.15) is 26.7 Å². The van der Waals surface area contributed by atoms with Crippen LogP contribution in [0.2, 0.25) is 0 Å². The smallest absolute Gasteiger partial charge is 0.246 e. The first kappa shape index (κ1) is 11.9. The highest BCUT2D eigenvalue weighted by Crippen LogP contribution is 2.13. The van der Waals surface area contributed by atoms with Crippen molar-refractivity contribution in [2.75, 3.05) is 6.54 Å². The largest absolute Gasteiger partial charge is 0.299 e. The third kappa shape index (κ3) is 2.65. The van der Waals surface area contributed by atoms with Crippen molar-refractivity contribution in [3.8, 4) is 0 Å². The molecule has 1 heterocycles. The standard InChI is InChI=1S/C11H18N2O2/c1-4-6-13-10(14)7-9(11(13)15)12-8(3)5-2/h5,8-9,12H,2,4,6-7H2,1,3H3. The Balaban J connectivity index is 2.60. The van der Waals surface area contributed by atoms with E-state index in [1.165, 1.54) is 4.90 Å². The van der Waals surface area contributed by atoms with Crippen molar-refractivity contribution in [1.82, 2.24) is 10.2 Å². The third-order valence-electron chi connectivity index (χ3n) is 2.51. The zero-order valence-corrected chi connectivity index (χ0v) is 9.32. The van der Waals surface area contributed by atoms with Gasteiger partial charge in [-0.25, -0.2) is 0 Å². The van der Waals surface area contributed by atoms with Crippen molar-refractivity contribution < 1.29 is 9.59 Å². The molecular weight excluding hydrogens is 192 g/mol. The molecule has 2 amide bonds. The molecule has 4 nitrogen and oxygen atoms in total. The van der Waals surface area contributed by atoms with Crippen LogP contribution in [0.25, 0.3) is 0 Å². The molecule has 1 fully saturated rings. The number of likely N-dealkylation sites (tertiary alicyclic amines) is 1. The lowest BCUT2D eigenvalue weighted by molar-refractivity contribution is -0.138. The summed E-state index contributed by atoms with van der Waals surface area (Å²) >= 11 is 0. The number of carbonyl (C=O) groups excluding carboxylic acids is 2. The van der Waals surface area contributed by atoms with Gasteiger partial charge >= 0.3 is 0 Å². The Hall–Kier alpha value is -1.16. The Morgan fingerprint density at radius 2 is 2.33 bits per heavy atom. The minimum atomic E-state index is -0.364. The van der Waals surface area contributed by atoms with Crippen LogP contribution in [0.15, 0.2) is 12.7 Å². The maximum Gasteiger partial charge on any atom is 0.246 e. The molecule has 2 unspecified atom stereocenters. The minimum absolute atomic E-state index is 0.0494. The lowest BCUT2D eigenvalue weighted by atomic mass is 10.2. The van der Waals surface area contributed by atoms with E-state index in [-0.39, 0.29) is 30.3 Å². The Labute approximate surface area is 90.3 Å². The Kier molecular flexibility index (Phi) is 4.03. The van der Waals surface area contributed by atoms with E-state index in [4.69, 9.17) is 0 Å². The average Bonchev–Trinajstić information content (AvgIpc) is 2.46. The van der Waals surface area contributed by atoms with Gasteiger partial charge in [0.05, 0.1) is 12.5 Å². The molecule has 0 aliphatic carbocycles. The van der Waals surface area contributed by atoms with E-state index in [0.29, 0.717) is 6.54 Å². The van der Waals surface area contributed by atoms with Gasteiger partial charge in [-0.2, -0.15) is 0 Å². The summed E-state index contributed by atoms with van der Waals surface area (Å²) < 4.78 is 0. The van der Waals surface area contributed by atoms with E-state index in [2.05, 4.69) is 11.9 Å². The predicted molar refractivity (Wildman–Crippen MR) is 58.2 cm³/mol. The van der Waals surface area contributed by atoms with Gasteiger partial charge in [0.15, 0.2) is 0 Å².